The molecule has 1 aliphatic rings. The van der Waals surface area contributed by atoms with Crippen molar-refractivity contribution in [3.63, 3.8) is 0 Å². The van der Waals surface area contributed by atoms with Crippen LogP contribution in [0, 0.1) is 0 Å². The third kappa shape index (κ3) is 6.98. The number of nitrogens with one attached hydrogen (secondary N) is 1. The van der Waals surface area contributed by atoms with Crippen molar-refractivity contribution < 1.29 is 34.7 Å². The number of aliphatic hydroxyl groups excluding tert-OH is 4. The molecule has 0 bridgehead atoms. The number of rotatable bonds is 5. The molecule has 1 amide bonds. The summed E-state index contributed by atoms with van der Waals surface area (Å²) in [6.45, 7) is 0.670. The molecular weight excluding hydrogens is 442 g/mol. The van der Waals surface area contributed by atoms with Crippen LogP contribution in [0.5, 0.6) is 0 Å². The lowest BCUT2D eigenvalue weighted by molar-refractivity contribution is -0.152. The standard InChI is InChI=1S/C24H37N3O7/c25-18(12-16-13-26-19-7-2-1-6-17(16)19)24(32)27-8-5-10-33-9-3-4-11-34-23(21(30)15-28)22(31)20(29)14-27/h1-2,6-7,13,18,20-23,26,28-31H,3-5,8-12,14-15,25H2/t18-,20+,21+,22+,23+/m0/s1. The molecule has 1 aromatic heterocycles. The third-order valence-corrected chi connectivity index (χ3v) is 6.16. The normalized spacial score (nSPS) is 25.6. The molecule has 0 radical (unpaired) electrons. The average molecular weight is 480 g/mol. The largest absolute Gasteiger partial charge is 0.394 e. The Morgan fingerprint density at radius 2 is 1.91 bits per heavy atom. The van der Waals surface area contributed by atoms with Crippen molar-refractivity contribution in [2.24, 2.45) is 5.73 Å². The lowest BCUT2D eigenvalue weighted by Gasteiger charge is -2.34. The highest BCUT2D eigenvalue weighted by Crippen LogP contribution is 2.20. The van der Waals surface area contributed by atoms with E-state index in [0.29, 0.717) is 32.5 Å². The fourth-order valence-electron chi connectivity index (χ4n) is 4.23. The van der Waals surface area contributed by atoms with Gasteiger partial charge in [-0.25, -0.2) is 0 Å². The molecule has 34 heavy (non-hydrogen) atoms. The number of aromatic amines is 1. The number of hydrogen-bond acceptors (Lipinski definition) is 8. The second-order valence-corrected chi connectivity index (χ2v) is 8.77. The van der Waals surface area contributed by atoms with E-state index in [2.05, 4.69) is 4.98 Å². The van der Waals surface area contributed by atoms with Gasteiger partial charge in [0.2, 0.25) is 5.91 Å². The van der Waals surface area contributed by atoms with Crippen LogP contribution in [0.2, 0.25) is 0 Å². The van der Waals surface area contributed by atoms with Gasteiger partial charge < -0.3 is 45.5 Å². The van der Waals surface area contributed by atoms with Crippen LogP contribution in [-0.2, 0) is 20.7 Å². The van der Waals surface area contributed by atoms with Crippen molar-refractivity contribution in [3.8, 4) is 0 Å². The summed E-state index contributed by atoms with van der Waals surface area (Å²) >= 11 is 0. The Hall–Kier alpha value is -2.05. The summed E-state index contributed by atoms with van der Waals surface area (Å²) in [6.07, 6.45) is -1.41. The molecule has 2 heterocycles. The number of carbonyl (C=O) groups is 1. The Labute approximate surface area is 199 Å². The number of para-hydroxylation sites is 1. The second kappa shape index (κ2) is 13.1. The lowest BCUT2D eigenvalue weighted by Crippen LogP contribution is -2.54. The summed E-state index contributed by atoms with van der Waals surface area (Å²) in [5, 5.41) is 41.8. The minimum atomic E-state index is -1.50. The molecule has 1 fully saturated rings. The van der Waals surface area contributed by atoms with E-state index >= 15 is 0 Å². The van der Waals surface area contributed by atoms with E-state index in [0.717, 1.165) is 22.9 Å². The van der Waals surface area contributed by atoms with Gasteiger partial charge in [-0.3, -0.25) is 4.79 Å². The highest BCUT2D eigenvalue weighted by Gasteiger charge is 2.35. The summed E-state index contributed by atoms with van der Waals surface area (Å²) in [7, 11) is 0. The van der Waals surface area contributed by atoms with Crippen LogP contribution in [-0.4, -0.2) is 106 Å². The van der Waals surface area contributed by atoms with Crippen molar-refractivity contribution >= 4 is 16.8 Å². The second-order valence-electron chi connectivity index (χ2n) is 8.77. The van der Waals surface area contributed by atoms with E-state index in [1.807, 2.05) is 30.5 Å². The molecule has 190 valence electrons. The van der Waals surface area contributed by atoms with Gasteiger partial charge >= 0.3 is 0 Å². The summed E-state index contributed by atoms with van der Waals surface area (Å²) < 4.78 is 11.2. The molecule has 1 saturated heterocycles. The fraction of sp³-hybridized carbons (Fsp3) is 0.625. The van der Waals surface area contributed by atoms with E-state index in [1.54, 1.807) is 0 Å². The number of carbonyl (C=O) groups excluding carboxylic acids is 1. The van der Waals surface area contributed by atoms with Crippen molar-refractivity contribution in [1.29, 1.82) is 0 Å². The smallest absolute Gasteiger partial charge is 0.239 e. The first-order chi connectivity index (χ1) is 16.4. The van der Waals surface area contributed by atoms with Crippen LogP contribution in [0.15, 0.2) is 30.5 Å². The molecule has 0 saturated carbocycles. The Kier molecular flexibility index (Phi) is 10.3. The third-order valence-electron chi connectivity index (χ3n) is 6.16. The monoisotopic (exact) mass is 479 g/mol. The number of hydrogen-bond donors (Lipinski definition) is 6. The maximum absolute atomic E-state index is 13.3. The molecule has 10 heteroatoms. The van der Waals surface area contributed by atoms with Gasteiger partial charge in [0, 0.05) is 50.0 Å². The molecule has 0 spiro atoms. The number of fused-ring (bicyclic) bond motifs is 1. The Morgan fingerprint density at radius 1 is 1.18 bits per heavy atom. The molecule has 5 atom stereocenters. The summed E-state index contributed by atoms with van der Waals surface area (Å²) in [5.74, 6) is -0.358. The van der Waals surface area contributed by atoms with Gasteiger partial charge in [0.15, 0.2) is 0 Å². The highest BCUT2D eigenvalue weighted by molar-refractivity contribution is 5.86. The SMILES string of the molecule is N[C@@H](Cc1c[nH]c2ccccc12)C(=O)N1CCCOCCCCO[C@H]([C@H](O)CO)[C@H](O)[C@H](O)C1. The molecule has 7 N–H and O–H groups in total. The van der Waals surface area contributed by atoms with Crippen LogP contribution in [0.1, 0.15) is 24.8 Å². The van der Waals surface area contributed by atoms with E-state index in [1.165, 1.54) is 4.90 Å². The van der Waals surface area contributed by atoms with Crippen molar-refractivity contribution in [2.75, 3.05) is 39.5 Å². The van der Waals surface area contributed by atoms with Crippen molar-refractivity contribution in [1.82, 2.24) is 9.88 Å². The van der Waals surface area contributed by atoms with Gasteiger partial charge in [0.05, 0.1) is 12.6 Å². The summed E-state index contributed by atoms with van der Waals surface area (Å²) in [4.78, 5) is 17.9. The number of amides is 1. The summed E-state index contributed by atoms with van der Waals surface area (Å²) in [5.41, 5.74) is 8.17. The van der Waals surface area contributed by atoms with Gasteiger partial charge in [0.25, 0.3) is 0 Å². The molecule has 0 aliphatic carbocycles. The number of H-pyrrole nitrogens is 1. The van der Waals surface area contributed by atoms with Crippen LogP contribution >= 0.6 is 0 Å². The minimum absolute atomic E-state index is 0.195. The van der Waals surface area contributed by atoms with Crippen molar-refractivity contribution in [3.05, 3.63) is 36.0 Å². The first-order valence-corrected chi connectivity index (χ1v) is 11.9. The van der Waals surface area contributed by atoms with Gasteiger partial charge in [-0.2, -0.15) is 0 Å². The summed E-state index contributed by atoms with van der Waals surface area (Å²) in [6, 6.07) is 6.91. The Balaban J connectivity index is 1.72. The van der Waals surface area contributed by atoms with E-state index in [4.69, 9.17) is 15.2 Å². The quantitative estimate of drug-likeness (QED) is 0.335. The lowest BCUT2D eigenvalue weighted by atomic mass is 10.0. The van der Waals surface area contributed by atoms with Crippen molar-refractivity contribution in [2.45, 2.75) is 56.1 Å². The molecular formula is C24H37N3O7. The molecule has 3 rings (SSSR count). The maximum atomic E-state index is 13.3. The van der Waals surface area contributed by atoms with Crippen LogP contribution in [0.4, 0.5) is 0 Å². The van der Waals surface area contributed by atoms with Crippen LogP contribution in [0.3, 0.4) is 0 Å². The van der Waals surface area contributed by atoms with Gasteiger partial charge in [0.1, 0.15) is 24.4 Å². The number of aromatic nitrogens is 1. The van der Waals surface area contributed by atoms with E-state index < -0.39 is 37.1 Å². The van der Waals surface area contributed by atoms with Gasteiger partial charge in [-0.1, -0.05) is 18.2 Å². The molecule has 2 aromatic rings. The predicted molar refractivity (Wildman–Crippen MR) is 126 cm³/mol. The van der Waals surface area contributed by atoms with E-state index in [-0.39, 0.29) is 25.6 Å². The van der Waals surface area contributed by atoms with E-state index in [9.17, 15) is 25.2 Å². The number of β-amino-alcohol motifs (C(OH)–C–C–N with tert-alkyl or cyclic N) is 1. The fourth-order valence-corrected chi connectivity index (χ4v) is 4.23. The number of ether oxygens (including phenoxy) is 2. The molecule has 10 nitrogen and oxygen atoms in total. The van der Waals surface area contributed by atoms with Gasteiger partial charge in [-0.05, 0) is 37.3 Å². The topological polar surface area (TPSA) is 162 Å². The molecule has 0 unspecified atom stereocenters. The Bertz CT molecular complexity index is 892. The molecule has 1 aromatic carbocycles. The number of benzene rings is 1. The predicted octanol–water partition coefficient (Wildman–Crippen LogP) is -0.473. The first-order valence-electron chi connectivity index (χ1n) is 11.9. The number of aliphatic hydroxyl groups is 4. The van der Waals surface area contributed by atoms with Crippen LogP contribution in [0.25, 0.3) is 10.9 Å². The molecule has 1 aliphatic heterocycles. The van der Waals surface area contributed by atoms with Crippen LogP contribution < -0.4 is 5.73 Å². The Morgan fingerprint density at radius 3 is 2.71 bits per heavy atom. The number of nitrogens with two attached hydrogens (primary N) is 1. The number of nitrogens with zero attached hydrogens (tertiary/aromatic N) is 1. The zero-order valence-corrected chi connectivity index (χ0v) is 19.4. The maximum Gasteiger partial charge on any atom is 0.239 e. The highest BCUT2D eigenvalue weighted by atomic mass is 16.5. The average Bonchev–Trinajstić information content (AvgIpc) is 3.25. The zero-order chi connectivity index (χ0) is 24.5. The first kappa shape index (κ1) is 26.6. The van der Waals surface area contributed by atoms with Gasteiger partial charge in [-0.15, -0.1) is 0 Å². The minimum Gasteiger partial charge on any atom is -0.394 e. The zero-order valence-electron chi connectivity index (χ0n) is 19.4.